The first-order valence-electron chi connectivity index (χ1n) is 4.32. The molecule has 0 spiro atoms. The molecule has 0 amide bonds. The third kappa shape index (κ3) is 1.29. The number of nitrogens with two attached hydrogens (primary N) is 1. The Bertz CT molecular complexity index is 292. The maximum Gasteiger partial charge on any atom is 0.0638 e. The first-order valence-corrected chi connectivity index (χ1v) is 4.70. The lowest BCUT2D eigenvalue weighted by Crippen LogP contribution is -2.08. The SMILES string of the molecule is Nc1ccc(C2CCC2)cc1Cl. The van der Waals surface area contributed by atoms with Crippen molar-refractivity contribution in [3.63, 3.8) is 0 Å². The van der Waals surface area contributed by atoms with Crippen LogP contribution in [0.25, 0.3) is 0 Å². The molecule has 2 heteroatoms. The third-order valence-electron chi connectivity index (χ3n) is 2.60. The number of halogens is 1. The second-order valence-electron chi connectivity index (χ2n) is 3.41. The predicted molar refractivity (Wildman–Crippen MR) is 52.5 cm³/mol. The van der Waals surface area contributed by atoms with Crippen molar-refractivity contribution in [1.82, 2.24) is 0 Å². The van der Waals surface area contributed by atoms with Crippen LogP contribution in [-0.2, 0) is 0 Å². The van der Waals surface area contributed by atoms with Crippen LogP contribution in [0.4, 0.5) is 5.69 Å². The van der Waals surface area contributed by atoms with Crippen LogP contribution in [0, 0.1) is 0 Å². The minimum atomic E-state index is 0.680. The van der Waals surface area contributed by atoms with E-state index in [0.29, 0.717) is 10.7 Å². The van der Waals surface area contributed by atoms with Crippen LogP contribution in [0.3, 0.4) is 0 Å². The van der Waals surface area contributed by atoms with Gasteiger partial charge in [0, 0.05) is 0 Å². The molecule has 1 aromatic carbocycles. The van der Waals surface area contributed by atoms with Crippen molar-refractivity contribution < 1.29 is 0 Å². The van der Waals surface area contributed by atoms with Gasteiger partial charge in [-0.2, -0.15) is 0 Å². The van der Waals surface area contributed by atoms with E-state index in [2.05, 4.69) is 6.07 Å². The highest BCUT2D eigenvalue weighted by Gasteiger charge is 2.19. The van der Waals surface area contributed by atoms with Crippen LogP contribution in [0.5, 0.6) is 0 Å². The molecule has 0 unspecified atom stereocenters. The monoisotopic (exact) mass is 181 g/mol. The minimum Gasteiger partial charge on any atom is -0.398 e. The van der Waals surface area contributed by atoms with Gasteiger partial charge in [-0.05, 0) is 36.5 Å². The molecule has 0 bridgehead atoms. The van der Waals surface area contributed by atoms with Crippen molar-refractivity contribution >= 4 is 17.3 Å². The topological polar surface area (TPSA) is 26.0 Å². The summed E-state index contributed by atoms with van der Waals surface area (Å²) in [4.78, 5) is 0. The highest BCUT2D eigenvalue weighted by Crippen LogP contribution is 2.37. The Hall–Kier alpha value is -0.690. The summed E-state index contributed by atoms with van der Waals surface area (Å²) < 4.78 is 0. The molecule has 1 fully saturated rings. The maximum absolute atomic E-state index is 5.91. The zero-order valence-electron chi connectivity index (χ0n) is 6.89. The molecule has 0 radical (unpaired) electrons. The van der Waals surface area contributed by atoms with Gasteiger partial charge in [0.1, 0.15) is 0 Å². The van der Waals surface area contributed by atoms with Crippen LogP contribution in [0.2, 0.25) is 5.02 Å². The van der Waals surface area contributed by atoms with Gasteiger partial charge in [0.25, 0.3) is 0 Å². The van der Waals surface area contributed by atoms with Crippen LogP contribution < -0.4 is 5.73 Å². The average molecular weight is 182 g/mol. The van der Waals surface area contributed by atoms with Crippen molar-refractivity contribution in [2.45, 2.75) is 25.2 Å². The van der Waals surface area contributed by atoms with Gasteiger partial charge in [0.15, 0.2) is 0 Å². The number of hydrogen-bond acceptors (Lipinski definition) is 1. The molecule has 0 atom stereocenters. The molecule has 1 saturated carbocycles. The second kappa shape index (κ2) is 2.98. The standard InChI is InChI=1S/C10H12ClN/c11-9-6-8(4-5-10(9)12)7-2-1-3-7/h4-7H,1-3,12H2. The largest absolute Gasteiger partial charge is 0.398 e. The highest BCUT2D eigenvalue weighted by atomic mass is 35.5. The first-order chi connectivity index (χ1) is 5.77. The molecule has 0 heterocycles. The number of anilines is 1. The van der Waals surface area contributed by atoms with E-state index in [4.69, 9.17) is 17.3 Å². The Morgan fingerprint density at radius 2 is 2.08 bits per heavy atom. The van der Waals surface area contributed by atoms with Crippen molar-refractivity contribution in [1.29, 1.82) is 0 Å². The lowest BCUT2D eigenvalue weighted by Gasteiger charge is -2.25. The fourth-order valence-corrected chi connectivity index (χ4v) is 1.73. The van der Waals surface area contributed by atoms with Crippen LogP contribution in [-0.4, -0.2) is 0 Å². The molecule has 0 aliphatic heterocycles. The zero-order valence-corrected chi connectivity index (χ0v) is 7.64. The van der Waals surface area contributed by atoms with Gasteiger partial charge in [-0.25, -0.2) is 0 Å². The smallest absolute Gasteiger partial charge is 0.0638 e. The van der Waals surface area contributed by atoms with Gasteiger partial charge in [0.2, 0.25) is 0 Å². The summed E-state index contributed by atoms with van der Waals surface area (Å²) in [6.45, 7) is 0. The molecular weight excluding hydrogens is 170 g/mol. The number of rotatable bonds is 1. The lowest BCUT2D eigenvalue weighted by molar-refractivity contribution is 0.420. The Balaban J connectivity index is 2.27. The van der Waals surface area contributed by atoms with Crippen molar-refractivity contribution in [3.8, 4) is 0 Å². The summed E-state index contributed by atoms with van der Waals surface area (Å²) >= 11 is 5.91. The molecular formula is C10H12ClN. The fourth-order valence-electron chi connectivity index (χ4n) is 1.54. The average Bonchev–Trinajstić information content (AvgIpc) is 1.93. The highest BCUT2D eigenvalue weighted by molar-refractivity contribution is 6.33. The molecule has 1 nitrogen and oxygen atoms in total. The first kappa shape index (κ1) is 7.93. The summed E-state index contributed by atoms with van der Waals surface area (Å²) in [5.74, 6) is 0.739. The minimum absolute atomic E-state index is 0.680. The van der Waals surface area contributed by atoms with Gasteiger partial charge < -0.3 is 5.73 Å². The van der Waals surface area contributed by atoms with Gasteiger partial charge in [0.05, 0.1) is 10.7 Å². The maximum atomic E-state index is 5.91. The van der Waals surface area contributed by atoms with E-state index in [-0.39, 0.29) is 0 Å². The molecule has 2 N–H and O–H groups in total. The van der Waals surface area contributed by atoms with E-state index < -0.39 is 0 Å². The van der Waals surface area contributed by atoms with Gasteiger partial charge in [-0.1, -0.05) is 24.1 Å². The third-order valence-corrected chi connectivity index (χ3v) is 2.93. The second-order valence-corrected chi connectivity index (χ2v) is 3.82. The Labute approximate surface area is 77.5 Å². The summed E-state index contributed by atoms with van der Waals surface area (Å²) in [5.41, 5.74) is 7.64. The van der Waals surface area contributed by atoms with Crippen molar-refractivity contribution in [2.75, 3.05) is 5.73 Å². The molecule has 1 aromatic rings. The summed E-state index contributed by atoms with van der Waals surface area (Å²) in [7, 11) is 0. The molecule has 1 aliphatic rings. The number of nitrogen functional groups attached to an aromatic ring is 1. The molecule has 1 aliphatic carbocycles. The lowest BCUT2D eigenvalue weighted by atomic mass is 9.80. The molecule has 12 heavy (non-hydrogen) atoms. The van der Waals surface area contributed by atoms with Crippen molar-refractivity contribution in [3.05, 3.63) is 28.8 Å². The van der Waals surface area contributed by atoms with E-state index in [0.717, 1.165) is 5.92 Å². The quantitative estimate of drug-likeness (QED) is 0.662. The van der Waals surface area contributed by atoms with Crippen LogP contribution in [0.15, 0.2) is 18.2 Å². The van der Waals surface area contributed by atoms with Gasteiger partial charge in [-0.3, -0.25) is 0 Å². The Kier molecular flexibility index (Phi) is 1.97. The summed E-state index contributed by atoms with van der Waals surface area (Å²) in [5, 5.41) is 0.694. The zero-order chi connectivity index (χ0) is 8.55. The van der Waals surface area contributed by atoms with Crippen molar-refractivity contribution in [2.24, 2.45) is 0 Å². The van der Waals surface area contributed by atoms with E-state index in [1.807, 2.05) is 12.1 Å². The Morgan fingerprint density at radius 1 is 1.33 bits per heavy atom. The molecule has 0 aromatic heterocycles. The fraction of sp³-hybridized carbons (Fsp3) is 0.400. The van der Waals surface area contributed by atoms with Gasteiger partial charge >= 0.3 is 0 Å². The van der Waals surface area contributed by atoms with E-state index in [1.54, 1.807) is 0 Å². The van der Waals surface area contributed by atoms with E-state index in [1.165, 1.54) is 24.8 Å². The molecule has 0 saturated heterocycles. The number of benzene rings is 1. The van der Waals surface area contributed by atoms with Crippen LogP contribution in [0.1, 0.15) is 30.7 Å². The van der Waals surface area contributed by atoms with E-state index >= 15 is 0 Å². The normalized spacial score (nSPS) is 17.4. The Morgan fingerprint density at radius 3 is 2.58 bits per heavy atom. The van der Waals surface area contributed by atoms with Gasteiger partial charge in [-0.15, -0.1) is 0 Å². The molecule has 64 valence electrons. The van der Waals surface area contributed by atoms with Crippen LogP contribution >= 0.6 is 11.6 Å². The molecule has 2 rings (SSSR count). The number of hydrogen-bond donors (Lipinski definition) is 1. The summed E-state index contributed by atoms with van der Waals surface area (Å²) in [6, 6.07) is 5.99. The summed E-state index contributed by atoms with van der Waals surface area (Å²) in [6.07, 6.45) is 3.97. The van der Waals surface area contributed by atoms with E-state index in [9.17, 15) is 0 Å². The predicted octanol–water partition coefficient (Wildman–Crippen LogP) is 3.19.